The van der Waals surface area contributed by atoms with Gasteiger partial charge in [0.05, 0.1) is 7.11 Å². The third-order valence-electron chi connectivity index (χ3n) is 2.47. The molecule has 1 heterocycles. The Balaban J connectivity index is 2.05. The van der Waals surface area contributed by atoms with Gasteiger partial charge in [-0.25, -0.2) is 4.98 Å². The zero-order valence-electron chi connectivity index (χ0n) is 10.5. The summed E-state index contributed by atoms with van der Waals surface area (Å²) in [5, 5.41) is 0.915. The average molecular weight is 264 g/mol. The van der Waals surface area contributed by atoms with E-state index in [1.807, 2.05) is 25.1 Å². The van der Waals surface area contributed by atoms with Gasteiger partial charge in [0.1, 0.15) is 11.6 Å². The monoisotopic (exact) mass is 264 g/mol. The number of methoxy groups -OCH3 is 1. The standard InChI is InChI=1S/C13H16N2O2S/c1-9-3-4-11(12(5-9)16-2)17-8-13-15-7-10(6-14)18-13/h3-5,7H,6,8,14H2,1-2H3. The van der Waals surface area contributed by atoms with Crippen LogP contribution in [0.1, 0.15) is 15.4 Å². The Morgan fingerprint density at radius 3 is 2.83 bits per heavy atom. The Morgan fingerprint density at radius 2 is 2.17 bits per heavy atom. The number of nitrogens with zero attached hydrogens (tertiary/aromatic N) is 1. The molecule has 0 saturated heterocycles. The summed E-state index contributed by atoms with van der Waals surface area (Å²) in [6, 6.07) is 5.85. The molecule has 0 spiro atoms. The smallest absolute Gasteiger partial charge is 0.161 e. The van der Waals surface area contributed by atoms with Crippen molar-refractivity contribution in [3.8, 4) is 11.5 Å². The Hall–Kier alpha value is -1.59. The van der Waals surface area contributed by atoms with E-state index in [0.717, 1.165) is 26.9 Å². The molecule has 2 N–H and O–H groups in total. The minimum absolute atomic E-state index is 0.435. The van der Waals surface area contributed by atoms with Crippen LogP contribution < -0.4 is 15.2 Å². The molecule has 0 aliphatic heterocycles. The maximum absolute atomic E-state index is 5.71. The van der Waals surface area contributed by atoms with E-state index >= 15 is 0 Å². The second-order valence-corrected chi connectivity index (χ2v) is 5.07. The lowest BCUT2D eigenvalue weighted by atomic mass is 10.2. The van der Waals surface area contributed by atoms with Gasteiger partial charge in [0.25, 0.3) is 0 Å². The number of benzene rings is 1. The molecule has 4 nitrogen and oxygen atoms in total. The minimum Gasteiger partial charge on any atom is -0.493 e. The van der Waals surface area contributed by atoms with Crippen molar-refractivity contribution in [3.63, 3.8) is 0 Å². The van der Waals surface area contributed by atoms with Crippen LogP contribution in [0, 0.1) is 6.92 Å². The predicted octanol–water partition coefficient (Wildman–Crippen LogP) is 2.50. The maximum Gasteiger partial charge on any atom is 0.161 e. The summed E-state index contributed by atoms with van der Waals surface area (Å²) >= 11 is 1.57. The molecule has 0 radical (unpaired) electrons. The van der Waals surface area contributed by atoms with Crippen LogP contribution in [-0.4, -0.2) is 12.1 Å². The molecule has 0 aliphatic rings. The normalized spacial score (nSPS) is 10.4. The lowest BCUT2D eigenvalue weighted by molar-refractivity contribution is 0.284. The SMILES string of the molecule is COc1cc(C)ccc1OCc1ncc(CN)s1. The van der Waals surface area contributed by atoms with Crippen LogP contribution in [-0.2, 0) is 13.2 Å². The molecule has 96 valence electrons. The van der Waals surface area contributed by atoms with Gasteiger partial charge >= 0.3 is 0 Å². The fraction of sp³-hybridized carbons (Fsp3) is 0.308. The molecule has 1 aromatic carbocycles. The number of thiazole rings is 1. The van der Waals surface area contributed by atoms with E-state index in [0.29, 0.717) is 13.2 Å². The van der Waals surface area contributed by atoms with Crippen LogP contribution in [0.3, 0.4) is 0 Å². The molecule has 1 aromatic heterocycles. The van der Waals surface area contributed by atoms with Gasteiger partial charge in [0.2, 0.25) is 0 Å². The van der Waals surface area contributed by atoms with E-state index in [1.54, 1.807) is 24.6 Å². The number of hydrogen-bond donors (Lipinski definition) is 1. The number of aromatic nitrogens is 1. The van der Waals surface area contributed by atoms with Crippen LogP contribution in [0.5, 0.6) is 11.5 Å². The van der Waals surface area contributed by atoms with Gasteiger partial charge in [-0.3, -0.25) is 0 Å². The quantitative estimate of drug-likeness (QED) is 0.901. The molecule has 0 atom stereocenters. The molecule has 0 bridgehead atoms. The van der Waals surface area contributed by atoms with Gasteiger partial charge in [0.15, 0.2) is 11.5 Å². The van der Waals surface area contributed by atoms with Crippen molar-refractivity contribution in [2.75, 3.05) is 7.11 Å². The summed E-state index contributed by atoms with van der Waals surface area (Å²) in [6.45, 7) is 2.97. The average Bonchev–Trinajstić information content (AvgIpc) is 2.85. The second kappa shape index (κ2) is 5.84. The van der Waals surface area contributed by atoms with Crippen molar-refractivity contribution in [2.24, 2.45) is 5.73 Å². The Labute approximate surface area is 110 Å². The van der Waals surface area contributed by atoms with Gasteiger partial charge in [-0.2, -0.15) is 0 Å². The molecular weight excluding hydrogens is 248 g/mol. The first-order valence-electron chi connectivity index (χ1n) is 5.64. The number of ether oxygens (including phenoxy) is 2. The Bertz CT molecular complexity index is 525. The van der Waals surface area contributed by atoms with Crippen molar-refractivity contribution in [1.29, 1.82) is 0 Å². The van der Waals surface area contributed by atoms with Crippen LogP contribution in [0.25, 0.3) is 0 Å². The third-order valence-corrected chi connectivity index (χ3v) is 3.47. The van der Waals surface area contributed by atoms with E-state index in [9.17, 15) is 0 Å². The fourth-order valence-electron chi connectivity index (χ4n) is 1.54. The van der Waals surface area contributed by atoms with Crippen LogP contribution in [0.2, 0.25) is 0 Å². The Morgan fingerprint density at radius 1 is 1.33 bits per heavy atom. The highest BCUT2D eigenvalue weighted by Gasteiger charge is 2.06. The minimum atomic E-state index is 0.435. The topological polar surface area (TPSA) is 57.4 Å². The zero-order valence-corrected chi connectivity index (χ0v) is 11.3. The highest BCUT2D eigenvalue weighted by Crippen LogP contribution is 2.28. The molecular formula is C13H16N2O2S. The first-order chi connectivity index (χ1) is 8.72. The lowest BCUT2D eigenvalue weighted by Gasteiger charge is -2.10. The highest BCUT2D eigenvalue weighted by atomic mass is 32.1. The molecule has 0 amide bonds. The van der Waals surface area contributed by atoms with Gasteiger partial charge in [-0.05, 0) is 24.6 Å². The number of nitrogens with two attached hydrogens (primary N) is 1. The highest BCUT2D eigenvalue weighted by molar-refractivity contribution is 7.11. The number of aryl methyl sites for hydroxylation is 1. The molecule has 0 fully saturated rings. The maximum atomic E-state index is 5.71. The van der Waals surface area contributed by atoms with E-state index < -0.39 is 0 Å². The predicted molar refractivity (Wildman–Crippen MR) is 72.1 cm³/mol. The van der Waals surface area contributed by atoms with E-state index in [4.69, 9.17) is 15.2 Å². The van der Waals surface area contributed by atoms with Gasteiger partial charge < -0.3 is 15.2 Å². The van der Waals surface area contributed by atoms with Crippen molar-refractivity contribution >= 4 is 11.3 Å². The van der Waals surface area contributed by atoms with Crippen molar-refractivity contribution in [1.82, 2.24) is 4.98 Å². The lowest BCUT2D eigenvalue weighted by Crippen LogP contribution is -1.97. The van der Waals surface area contributed by atoms with Gasteiger partial charge in [-0.1, -0.05) is 6.07 Å². The number of rotatable bonds is 5. The van der Waals surface area contributed by atoms with E-state index in [2.05, 4.69) is 4.98 Å². The summed E-state index contributed by atoms with van der Waals surface area (Å²) in [7, 11) is 1.64. The molecule has 5 heteroatoms. The zero-order chi connectivity index (χ0) is 13.0. The summed E-state index contributed by atoms with van der Waals surface area (Å²) in [5.41, 5.74) is 6.68. The van der Waals surface area contributed by atoms with Gasteiger partial charge in [0, 0.05) is 17.6 Å². The van der Waals surface area contributed by atoms with Crippen LogP contribution in [0.4, 0.5) is 0 Å². The van der Waals surface area contributed by atoms with Crippen molar-refractivity contribution in [2.45, 2.75) is 20.1 Å². The second-order valence-electron chi connectivity index (χ2n) is 3.87. The summed E-state index contributed by atoms with van der Waals surface area (Å²) in [5.74, 6) is 1.47. The number of hydrogen-bond acceptors (Lipinski definition) is 5. The largest absolute Gasteiger partial charge is 0.493 e. The summed E-state index contributed by atoms with van der Waals surface area (Å²) < 4.78 is 11.0. The summed E-state index contributed by atoms with van der Waals surface area (Å²) in [6.07, 6.45) is 1.79. The summed E-state index contributed by atoms with van der Waals surface area (Å²) in [4.78, 5) is 5.31. The molecule has 2 rings (SSSR count). The van der Waals surface area contributed by atoms with Crippen LogP contribution in [0.15, 0.2) is 24.4 Å². The molecule has 0 unspecified atom stereocenters. The first-order valence-corrected chi connectivity index (χ1v) is 6.45. The van der Waals surface area contributed by atoms with Crippen molar-refractivity contribution < 1.29 is 9.47 Å². The molecule has 18 heavy (non-hydrogen) atoms. The van der Waals surface area contributed by atoms with Crippen LogP contribution >= 0.6 is 11.3 Å². The van der Waals surface area contributed by atoms with Gasteiger partial charge in [-0.15, -0.1) is 11.3 Å². The fourth-order valence-corrected chi connectivity index (χ4v) is 2.26. The Kier molecular flexibility index (Phi) is 4.17. The van der Waals surface area contributed by atoms with E-state index in [1.165, 1.54) is 0 Å². The molecule has 0 aliphatic carbocycles. The molecule has 0 saturated carbocycles. The van der Waals surface area contributed by atoms with E-state index in [-0.39, 0.29) is 0 Å². The third kappa shape index (κ3) is 3.00. The van der Waals surface area contributed by atoms with Crippen molar-refractivity contribution in [3.05, 3.63) is 39.8 Å². The first kappa shape index (κ1) is 12.9. The molecule has 2 aromatic rings.